The summed E-state index contributed by atoms with van der Waals surface area (Å²) >= 11 is 0. The van der Waals surface area contributed by atoms with Crippen molar-refractivity contribution >= 4 is 11.0 Å². The van der Waals surface area contributed by atoms with Gasteiger partial charge in [0, 0.05) is 24.5 Å². The van der Waals surface area contributed by atoms with Gasteiger partial charge in [-0.3, -0.25) is 4.98 Å². The van der Waals surface area contributed by atoms with E-state index in [2.05, 4.69) is 45.2 Å². The van der Waals surface area contributed by atoms with Gasteiger partial charge < -0.3 is 9.88 Å². The van der Waals surface area contributed by atoms with Crippen LogP contribution in [-0.2, 0) is 6.54 Å². The number of fused-ring (bicyclic) bond motifs is 1. The van der Waals surface area contributed by atoms with Gasteiger partial charge in [-0.05, 0) is 56.1 Å². The average molecular weight is 292 g/mol. The van der Waals surface area contributed by atoms with Gasteiger partial charge in [-0.15, -0.1) is 0 Å². The van der Waals surface area contributed by atoms with E-state index < -0.39 is 0 Å². The van der Waals surface area contributed by atoms with Crippen molar-refractivity contribution in [2.24, 2.45) is 5.92 Å². The van der Waals surface area contributed by atoms with Gasteiger partial charge in [0.2, 0.25) is 0 Å². The van der Waals surface area contributed by atoms with Gasteiger partial charge in [-0.25, -0.2) is 4.98 Å². The highest BCUT2D eigenvalue weighted by Crippen LogP contribution is 2.27. The molecule has 4 rings (SSSR count). The smallest absolute Gasteiger partial charge is 0.142 e. The fourth-order valence-corrected chi connectivity index (χ4v) is 3.30. The molecule has 2 aromatic heterocycles. The number of hydrogen-bond donors (Lipinski definition) is 1. The van der Waals surface area contributed by atoms with Crippen LogP contribution in [0.4, 0.5) is 0 Å². The van der Waals surface area contributed by atoms with Crippen LogP contribution in [0.1, 0.15) is 12.8 Å². The van der Waals surface area contributed by atoms with Crippen LogP contribution >= 0.6 is 0 Å². The number of hydrogen-bond acceptors (Lipinski definition) is 3. The van der Waals surface area contributed by atoms with Crippen molar-refractivity contribution in [2.45, 2.75) is 19.4 Å². The molecular formula is C18H20N4. The summed E-state index contributed by atoms with van der Waals surface area (Å²) in [5.41, 5.74) is 3.38. The molecule has 0 spiro atoms. The third-order valence-corrected chi connectivity index (χ3v) is 4.47. The molecule has 22 heavy (non-hydrogen) atoms. The van der Waals surface area contributed by atoms with Crippen LogP contribution in [0.15, 0.2) is 48.8 Å². The van der Waals surface area contributed by atoms with E-state index in [1.54, 1.807) is 0 Å². The lowest BCUT2D eigenvalue weighted by atomic mass is 9.98. The minimum absolute atomic E-state index is 0.717. The number of para-hydroxylation sites is 2. The summed E-state index contributed by atoms with van der Waals surface area (Å²) in [6, 6.07) is 12.5. The molecule has 4 heteroatoms. The van der Waals surface area contributed by atoms with E-state index in [0.717, 1.165) is 36.5 Å². The maximum atomic E-state index is 4.86. The monoisotopic (exact) mass is 292 g/mol. The van der Waals surface area contributed by atoms with Crippen LogP contribution in [-0.4, -0.2) is 27.6 Å². The van der Waals surface area contributed by atoms with Crippen molar-refractivity contribution in [2.75, 3.05) is 13.1 Å². The van der Waals surface area contributed by atoms with Crippen LogP contribution in [0.5, 0.6) is 0 Å². The zero-order valence-electron chi connectivity index (χ0n) is 12.6. The average Bonchev–Trinajstić information content (AvgIpc) is 2.95. The minimum Gasteiger partial charge on any atom is -0.324 e. The molecule has 0 amide bonds. The summed E-state index contributed by atoms with van der Waals surface area (Å²) in [5.74, 6) is 1.75. The van der Waals surface area contributed by atoms with Crippen molar-refractivity contribution in [1.82, 2.24) is 19.9 Å². The normalized spacial score (nSPS) is 16.2. The first-order valence-corrected chi connectivity index (χ1v) is 7.98. The Kier molecular flexibility index (Phi) is 3.60. The van der Waals surface area contributed by atoms with Crippen LogP contribution < -0.4 is 5.32 Å². The number of benzene rings is 1. The van der Waals surface area contributed by atoms with E-state index in [9.17, 15) is 0 Å². The second-order valence-electron chi connectivity index (χ2n) is 5.97. The second kappa shape index (κ2) is 5.89. The summed E-state index contributed by atoms with van der Waals surface area (Å²) in [6.45, 7) is 3.28. The SMILES string of the molecule is c1cncc(-c2nc3ccccc3n2CC2CCNCC2)c1. The lowest BCUT2D eigenvalue weighted by Crippen LogP contribution is -2.30. The maximum absolute atomic E-state index is 4.86. The van der Waals surface area contributed by atoms with E-state index in [0.29, 0.717) is 5.92 Å². The van der Waals surface area contributed by atoms with Gasteiger partial charge in [0.05, 0.1) is 11.0 Å². The van der Waals surface area contributed by atoms with E-state index in [1.165, 1.54) is 18.4 Å². The number of nitrogens with zero attached hydrogens (tertiary/aromatic N) is 3. The number of imidazole rings is 1. The Morgan fingerprint density at radius 1 is 1.09 bits per heavy atom. The molecule has 0 unspecified atom stereocenters. The van der Waals surface area contributed by atoms with E-state index in [4.69, 9.17) is 4.98 Å². The topological polar surface area (TPSA) is 42.7 Å². The summed E-state index contributed by atoms with van der Waals surface area (Å²) in [6.07, 6.45) is 6.18. The Morgan fingerprint density at radius 3 is 2.77 bits per heavy atom. The van der Waals surface area contributed by atoms with Crippen molar-refractivity contribution in [1.29, 1.82) is 0 Å². The van der Waals surface area contributed by atoms with Gasteiger partial charge in [0.15, 0.2) is 0 Å². The number of pyridine rings is 1. The highest BCUT2D eigenvalue weighted by atomic mass is 15.1. The molecule has 0 atom stereocenters. The van der Waals surface area contributed by atoms with Gasteiger partial charge in [0.1, 0.15) is 5.82 Å². The molecule has 0 aliphatic carbocycles. The molecule has 0 bridgehead atoms. The molecule has 1 fully saturated rings. The summed E-state index contributed by atoms with van der Waals surface area (Å²) in [5, 5.41) is 3.44. The standard InChI is InChI=1S/C18H20N4/c1-2-6-17-16(5-1)21-18(15-4-3-9-20-12-15)22(17)13-14-7-10-19-11-8-14/h1-6,9,12,14,19H,7-8,10-11,13H2. The van der Waals surface area contributed by atoms with Crippen LogP contribution in [0, 0.1) is 5.92 Å². The van der Waals surface area contributed by atoms with E-state index in [1.807, 2.05) is 18.5 Å². The minimum atomic E-state index is 0.717. The quantitative estimate of drug-likeness (QED) is 0.806. The summed E-state index contributed by atoms with van der Waals surface area (Å²) < 4.78 is 2.38. The number of nitrogens with one attached hydrogen (secondary N) is 1. The molecule has 4 nitrogen and oxygen atoms in total. The fourth-order valence-electron chi connectivity index (χ4n) is 3.30. The predicted octanol–water partition coefficient (Wildman–Crippen LogP) is 3.10. The number of rotatable bonds is 3. The molecule has 112 valence electrons. The first-order chi connectivity index (χ1) is 10.9. The van der Waals surface area contributed by atoms with Crippen molar-refractivity contribution < 1.29 is 0 Å². The predicted molar refractivity (Wildman–Crippen MR) is 88.6 cm³/mol. The van der Waals surface area contributed by atoms with E-state index >= 15 is 0 Å². The van der Waals surface area contributed by atoms with Crippen LogP contribution in [0.25, 0.3) is 22.4 Å². The van der Waals surface area contributed by atoms with Gasteiger partial charge in [0.25, 0.3) is 0 Å². The molecule has 3 heterocycles. The highest BCUT2D eigenvalue weighted by Gasteiger charge is 2.18. The molecular weight excluding hydrogens is 272 g/mol. The van der Waals surface area contributed by atoms with E-state index in [-0.39, 0.29) is 0 Å². The molecule has 1 aliphatic heterocycles. The van der Waals surface area contributed by atoms with Crippen LogP contribution in [0.2, 0.25) is 0 Å². The molecule has 1 N–H and O–H groups in total. The second-order valence-corrected chi connectivity index (χ2v) is 5.97. The van der Waals surface area contributed by atoms with Gasteiger partial charge in [-0.1, -0.05) is 12.1 Å². The van der Waals surface area contributed by atoms with Gasteiger partial charge >= 0.3 is 0 Å². The summed E-state index contributed by atoms with van der Waals surface area (Å²) in [7, 11) is 0. The Balaban J connectivity index is 1.79. The Morgan fingerprint density at radius 2 is 1.95 bits per heavy atom. The number of piperidine rings is 1. The van der Waals surface area contributed by atoms with Crippen molar-refractivity contribution in [3.63, 3.8) is 0 Å². The van der Waals surface area contributed by atoms with Crippen LogP contribution in [0.3, 0.4) is 0 Å². The van der Waals surface area contributed by atoms with Crippen molar-refractivity contribution in [3.05, 3.63) is 48.8 Å². The first kappa shape index (κ1) is 13.5. The Labute approximate surface area is 130 Å². The number of aromatic nitrogens is 3. The Hall–Kier alpha value is -2.20. The lowest BCUT2D eigenvalue weighted by Gasteiger charge is -2.24. The molecule has 1 saturated heterocycles. The third-order valence-electron chi connectivity index (χ3n) is 4.47. The zero-order chi connectivity index (χ0) is 14.8. The largest absolute Gasteiger partial charge is 0.324 e. The Bertz CT molecular complexity index is 757. The maximum Gasteiger partial charge on any atom is 0.142 e. The fraction of sp³-hybridized carbons (Fsp3) is 0.333. The summed E-state index contributed by atoms with van der Waals surface area (Å²) in [4.78, 5) is 9.11. The molecule has 3 aromatic rings. The third kappa shape index (κ3) is 2.50. The zero-order valence-corrected chi connectivity index (χ0v) is 12.6. The molecule has 1 aromatic carbocycles. The molecule has 1 aliphatic rings. The molecule has 0 saturated carbocycles. The van der Waals surface area contributed by atoms with Crippen molar-refractivity contribution in [3.8, 4) is 11.4 Å². The molecule has 0 radical (unpaired) electrons. The first-order valence-electron chi connectivity index (χ1n) is 7.98. The lowest BCUT2D eigenvalue weighted by molar-refractivity contribution is 0.337. The highest BCUT2D eigenvalue weighted by molar-refractivity contribution is 5.80. The van der Waals surface area contributed by atoms with Gasteiger partial charge in [-0.2, -0.15) is 0 Å².